The van der Waals surface area contributed by atoms with Crippen molar-refractivity contribution < 1.29 is 9.90 Å². The van der Waals surface area contributed by atoms with Gasteiger partial charge in [0.1, 0.15) is 0 Å². The second-order valence-electron chi connectivity index (χ2n) is 5.29. The predicted octanol–water partition coefficient (Wildman–Crippen LogP) is 1.24. The molecule has 0 aromatic heterocycles. The summed E-state index contributed by atoms with van der Waals surface area (Å²) in [6, 6.07) is 8.01. The SMILES string of the molecule is CN(CCNC(=O)c1ccccc1C#CCCO)C1CC1. The number of rotatable bonds is 6. The molecular formula is C17H22N2O2. The molecule has 1 saturated carbocycles. The third-order valence-corrected chi connectivity index (χ3v) is 3.55. The lowest BCUT2D eigenvalue weighted by molar-refractivity contribution is 0.0949. The van der Waals surface area contributed by atoms with Gasteiger partial charge in [0.05, 0.1) is 12.2 Å². The van der Waals surface area contributed by atoms with Gasteiger partial charge in [-0.15, -0.1) is 0 Å². The second kappa shape index (κ2) is 7.82. The molecule has 0 atom stereocenters. The summed E-state index contributed by atoms with van der Waals surface area (Å²) in [7, 11) is 2.10. The number of hydrogen-bond donors (Lipinski definition) is 2. The number of aliphatic hydroxyl groups is 1. The van der Waals surface area contributed by atoms with Gasteiger partial charge >= 0.3 is 0 Å². The van der Waals surface area contributed by atoms with Crippen molar-refractivity contribution >= 4 is 5.91 Å². The highest BCUT2D eigenvalue weighted by Crippen LogP contribution is 2.24. The summed E-state index contributed by atoms with van der Waals surface area (Å²) in [6.07, 6.45) is 2.96. The number of nitrogens with one attached hydrogen (secondary N) is 1. The molecule has 0 heterocycles. The van der Waals surface area contributed by atoms with Crippen molar-refractivity contribution in [3.05, 3.63) is 35.4 Å². The highest BCUT2D eigenvalue weighted by molar-refractivity contribution is 5.96. The van der Waals surface area contributed by atoms with Crippen molar-refractivity contribution in [3.63, 3.8) is 0 Å². The highest BCUT2D eigenvalue weighted by atomic mass is 16.2. The molecule has 0 saturated heterocycles. The summed E-state index contributed by atoms with van der Waals surface area (Å²) >= 11 is 0. The van der Waals surface area contributed by atoms with Crippen LogP contribution in [0.3, 0.4) is 0 Å². The first-order valence-electron chi connectivity index (χ1n) is 7.39. The van der Waals surface area contributed by atoms with E-state index >= 15 is 0 Å². The molecule has 2 rings (SSSR count). The first-order valence-corrected chi connectivity index (χ1v) is 7.39. The molecule has 0 spiro atoms. The van der Waals surface area contributed by atoms with Crippen LogP contribution in [0.5, 0.6) is 0 Å². The number of nitrogens with zero attached hydrogens (tertiary/aromatic N) is 1. The standard InChI is InChI=1S/C17H22N2O2/c1-19(15-9-10-15)12-11-18-17(21)16-8-3-2-6-14(16)7-4-5-13-20/h2-3,6,8,15,20H,5,9-13H2,1H3,(H,18,21). The Morgan fingerprint density at radius 1 is 1.43 bits per heavy atom. The lowest BCUT2D eigenvalue weighted by atomic mass is 10.1. The number of carbonyl (C=O) groups excluding carboxylic acids is 1. The average molecular weight is 286 g/mol. The lowest BCUT2D eigenvalue weighted by Crippen LogP contribution is -2.34. The van der Waals surface area contributed by atoms with E-state index in [0.717, 1.165) is 6.54 Å². The third-order valence-electron chi connectivity index (χ3n) is 3.55. The first kappa shape index (κ1) is 15.6. The van der Waals surface area contributed by atoms with Crippen LogP contribution >= 0.6 is 0 Å². The maximum absolute atomic E-state index is 12.2. The largest absolute Gasteiger partial charge is 0.395 e. The van der Waals surface area contributed by atoms with E-state index in [0.29, 0.717) is 30.1 Å². The molecule has 112 valence electrons. The molecule has 1 amide bonds. The fourth-order valence-corrected chi connectivity index (χ4v) is 2.14. The van der Waals surface area contributed by atoms with Gasteiger partial charge in [-0.1, -0.05) is 24.0 Å². The molecule has 4 heteroatoms. The number of carbonyl (C=O) groups is 1. The molecule has 4 nitrogen and oxygen atoms in total. The summed E-state index contributed by atoms with van der Waals surface area (Å²) in [4.78, 5) is 14.5. The van der Waals surface area contributed by atoms with Gasteiger partial charge in [-0.25, -0.2) is 0 Å². The Morgan fingerprint density at radius 2 is 2.19 bits per heavy atom. The minimum atomic E-state index is -0.0897. The van der Waals surface area contributed by atoms with Crippen molar-refractivity contribution in [1.29, 1.82) is 0 Å². The van der Waals surface area contributed by atoms with Crippen LogP contribution < -0.4 is 5.32 Å². The molecule has 1 aliphatic rings. The fourth-order valence-electron chi connectivity index (χ4n) is 2.14. The van der Waals surface area contributed by atoms with Gasteiger partial charge in [0, 0.05) is 31.1 Å². The summed E-state index contributed by atoms with van der Waals surface area (Å²) in [6.45, 7) is 1.55. The van der Waals surface area contributed by atoms with Gasteiger partial charge in [0.15, 0.2) is 0 Å². The minimum Gasteiger partial charge on any atom is -0.395 e. The normalized spacial score (nSPS) is 13.7. The molecule has 1 aliphatic carbocycles. The zero-order valence-electron chi connectivity index (χ0n) is 12.4. The maximum Gasteiger partial charge on any atom is 0.252 e. The number of benzene rings is 1. The molecule has 1 aromatic rings. The van der Waals surface area contributed by atoms with Crippen LogP contribution in [0.4, 0.5) is 0 Å². The van der Waals surface area contributed by atoms with Gasteiger partial charge in [0.25, 0.3) is 5.91 Å². The molecule has 2 N–H and O–H groups in total. The quantitative estimate of drug-likeness (QED) is 0.774. The molecular weight excluding hydrogens is 264 g/mol. The summed E-state index contributed by atoms with van der Waals surface area (Å²) in [5, 5.41) is 11.7. The van der Waals surface area contributed by atoms with E-state index in [2.05, 4.69) is 29.1 Å². The van der Waals surface area contributed by atoms with Crippen LogP contribution in [0.25, 0.3) is 0 Å². The summed E-state index contributed by atoms with van der Waals surface area (Å²) in [5.41, 5.74) is 1.30. The van der Waals surface area contributed by atoms with Crippen LogP contribution in [-0.2, 0) is 0 Å². The van der Waals surface area contributed by atoms with E-state index in [1.165, 1.54) is 12.8 Å². The van der Waals surface area contributed by atoms with Gasteiger partial charge < -0.3 is 15.3 Å². The highest BCUT2D eigenvalue weighted by Gasteiger charge is 2.25. The van der Waals surface area contributed by atoms with Crippen LogP contribution in [-0.4, -0.2) is 48.7 Å². The van der Waals surface area contributed by atoms with E-state index in [1.54, 1.807) is 6.07 Å². The number of amides is 1. The van der Waals surface area contributed by atoms with Crippen molar-refractivity contribution in [3.8, 4) is 11.8 Å². The van der Waals surface area contributed by atoms with Crippen molar-refractivity contribution in [2.45, 2.75) is 25.3 Å². The first-order chi connectivity index (χ1) is 10.2. The Hall–Kier alpha value is -1.83. The third kappa shape index (κ3) is 4.89. The fraction of sp³-hybridized carbons (Fsp3) is 0.471. The van der Waals surface area contributed by atoms with E-state index in [1.807, 2.05) is 18.2 Å². The Bertz CT molecular complexity index is 541. The smallest absolute Gasteiger partial charge is 0.252 e. The molecule has 21 heavy (non-hydrogen) atoms. The van der Waals surface area contributed by atoms with E-state index in [-0.39, 0.29) is 12.5 Å². The van der Waals surface area contributed by atoms with Gasteiger partial charge in [-0.3, -0.25) is 4.79 Å². The van der Waals surface area contributed by atoms with E-state index < -0.39 is 0 Å². The van der Waals surface area contributed by atoms with Crippen molar-refractivity contribution in [2.75, 3.05) is 26.7 Å². The van der Waals surface area contributed by atoms with E-state index in [4.69, 9.17) is 5.11 Å². The number of hydrogen-bond acceptors (Lipinski definition) is 3. The predicted molar refractivity (Wildman–Crippen MR) is 83.0 cm³/mol. The number of likely N-dealkylation sites (N-methyl/N-ethyl adjacent to an activating group) is 1. The summed E-state index contributed by atoms with van der Waals surface area (Å²) in [5.74, 6) is 5.71. The summed E-state index contributed by atoms with van der Waals surface area (Å²) < 4.78 is 0. The van der Waals surface area contributed by atoms with Crippen LogP contribution in [0.2, 0.25) is 0 Å². The Balaban J connectivity index is 1.90. The molecule has 0 radical (unpaired) electrons. The minimum absolute atomic E-state index is 0.0366. The van der Waals surface area contributed by atoms with Crippen LogP contribution in [0.1, 0.15) is 35.2 Å². The molecule has 1 fully saturated rings. The molecule has 0 unspecified atom stereocenters. The average Bonchev–Trinajstić information content (AvgIpc) is 3.32. The lowest BCUT2D eigenvalue weighted by Gasteiger charge is -2.15. The molecule has 1 aromatic carbocycles. The Labute approximate surface area is 126 Å². The van der Waals surface area contributed by atoms with Crippen LogP contribution in [0, 0.1) is 11.8 Å². The maximum atomic E-state index is 12.2. The molecule has 0 bridgehead atoms. The van der Waals surface area contributed by atoms with Crippen molar-refractivity contribution in [2.24, 2.45) is 0 Å². The van der Waals surface area contributed by atoms with Gasteiger partial charge in [-0.05, 0) is 32.0 Å². The zero-order chi connectivity index (χ0) is 15.1. The zero-order valence-corrected chi connectivity index (χ0v) is 12.4. The van der Waals surface area contributed by atoms with Gasteiger partial charge in [-0.2, -0.15) is 0 Å². The van der Waals surface area contributed by atoms with Crippen LogP contribution in [0.15, 0.2) is 24.3 Å². The topological polar surface area (TPSA) is 52.6 Å². The Morgan fingerprint density at radius 3 is 2.90 bits per heavy atom. The van der Waals surface area contributed by atoms with Gasteiger partial charge in [0.2, 0.25) is 0 Å². The number of aliphatic hydroxyl groups excluding tert-OH is 1. The van der Waals surface area contributed by atoms with E-state index in [9.17, 15) is 4.79 Å². The monoisotopic (exact) mass is 286 g/mol. The molecule has 0 aliphatic heterocycles. The Kier molecular flexibility index (Phi) is 5.79. The second-order valence-corrected chi connectivity index (χ2v) is 5.29. The van der Waals surface area contributed by atoms with Crippen molar-refractivity contribution in [1.82, 2.24) is 10.2 Å².